The van der Waals surface area contributed by atoms with E-state index in [1.165, 1.54) is 6.42 Å². The van der Waals surface area contributed by atoms with Crippen LogP contribution in [0.1, 0.15) is 42.8 Å². The number of hydrogen-bond acceptors (Lipinski definition) is 7. The van der Waals surface area contributed by atoms with Crippen molar-refractivity contribution >= 4 is 10.9 Å². The first-order chi connectivity index (χ1) is 16.7. The van der Waals surface area contributed by atoms with Crippen LogP contribution in [0, 0.1) is 5.92 Å². The number of likely N-dealkylation sites (tertiary alicyclic amines) is 1. The summed E-state index contributed by atoms with van der Waals surface area (Å²) in [5.74, 6) is 2.53. The molecule has 4 heterocycles. The van der Waals surface area contributed by atoms with Gasteiger partial charge in [-0.2, -0.15) is 0 Å². The highest BCUT2D eigenvalue weighted by Crippen LogP contribution is 2.37. The van der Waals surface area contributed by atoms with Gasteiger partial charge in [-0.25, -0.2) is 4.68 Å². The first-order valence-corrected chi connectivity index (χ1v) is 11.7. The Hall–Kier alpha value is -3.72. The van der Waals surface area contributed by atoms with Crippen molar-refractivity contribution in [2.24, 2.45) is 5.92 Å². The molecule has 0 spiro atoms. The summed E-state index contributed by atoms with van der Waals surface area (Å²) in [6, 6.07) is 15.4. The van der Waals surface area contributed by atoms with Crippen LogP contribution in [0.3, 0.4) is 0 Å². The van der Waals surface area contributed by atoms with E-state index in [1.807, 2.05) is 41.1 Å². The molecule has 9 heteroatoms. The molecule has 0 amide bonds. The molecule has 0 aliphatic carbocycles. The number of rotatable bonds is 5. The van der Waals surface area contributed by atoms with E-state index in [-0.39, 0.29) is 18.4 Å². The van der Waals surface area contributed by atoms with Crippen molar-refractivity contribution in [1.82, 2.24) is 30.1 Å². The monoisotopic (exact) mass is 458 g/mol. The molecule has 0 radical (unpaired) electrons. The van der Waals surface area contributed by atoms with Crippen LogP contribution in [0.25, 0.3) is 10.9 Å². The van der Waals surface area contributed by atoms with Gasteiger partial charge in [-0.05, 0) is 53.4 Å². The number of piperidine rings is 1. The van der Waals surface area contributed by atoms with E-state index < -0.39 is 0 Å². The summed E-state index contributed by atoms with van der Waals surface area (Å²) in [5, 5.41) is 13.6. The standard InChI is InChI=1S/C25H26N6O3/c1-16-6-5-9-30(13-16)23(24-27-28-29-31(24)14-17-7-3-2-4-8-17)19-10-18-11-21-22(34-15-33-21)12-20(18)26-25(19)32/h2-4,7-8,10-12,16,23H,5-6,9,13-15H2,1H3,(H,26,32)/t16-,23-/m1/s1. The van der Waals surface area contributed by atoms with Crippen LogP contribution < -0.4 is 15.0 Å². The first-order valence-electron chi connectivity index (χ1n) is 11.7. The summed E-state index contributed by atoms with van der Waals surface area (Å²) in [6.07, 6.45) is 2.25. The van der Waals surface area contributed by atoms with E-state index in [1.54, 1.807) is 0 Å². The Labute approximate surface area is 196 Å². The molecule has 1 saturated heterocycles. The topological polar surface area (TPSA) is 98.2 Å². The molecule has 2 aliphatic heterocycles. The molecule has 174 valence electrons. The third kappa shape index (κ3) is 3.81. The van der Waals surface area contributed by atoms with E-state index in [0.29, 0.717) is 40.9 Å². The number of benzene rings is 2. The van der Waals surface area contributed by atoms with Crippen molar-refractivity contribution in [1.29, 1.82) is 0 Å². The molecule has 0 unspecified atom stereocenters. The summed E-state index contributed by atoms with van der Waals surface area (Å²) in [5.41, 5.74) is 2.29. The maximum atomic E-state index is 13.4. The number of hydrogen-bond donors (Lipinski definition) is 1. The highest BCUT2D eigenvalue weighted by Gasteiger charge is 2.33. The van der Waals surface area contributed by atoms with Crippen LogP contribution in [0.15, 0.2) is 53.3 Å². The number of aromatic nitrogens is 5. The number of pyridine rings is 1. The molecular formula is C25H26N6O3. The van der Waals surface area contributed by atoms with Crippen molar-refractivity contribution < 1.29 is 9.47 Å². The maximum absolute atomic E-state index is 13.4. The Bertz CT molecular complexity index is 1380. The zero-order chi connectivity index (χ0) is 23.1. The highest BCUT2D eigenvalue weighted by atomic mass is 16.7. The van der Waals surface area contributed by atoms with Crippen LogP contribution in [0.4, 0.5) is 0 Å². The third-order valence-electron chi connectivity index (χ3n) is 6.69. The van der Waals surface area contributed by atoms with E-state index in [9.17, 15) is 4.79 Å². The fourth-order valence-corrected chi connectivity index (χ4v) is 5.05. The lowest BCUT2D eigenvalue weighted by Crippen LogP contribution is -2.41. The Morgan fingerprint density at radius 3 is 2.79 bits per heavy atom. The molecule has 0 saturated carbocycles. The number of nitrogens with one attached hydrogen (secondary N) is 1. The number of ether oxygens (including phenoxy) is 2. The zero-order valence-corrected chi connectivity index (χ0v) is 19.0. The Morgan fingerprint density at radius 2 is 1.97 bits per heavy atom. The Balaban J connectivity index is 1.47. The zero-order valence-electron chi connectivity index (χ0n) is 19.0. The minimum absolute atomic E-state index is 0.149. The average Bonchev–Trinajstić information content (AvgIpc) is 3.48. The smallest absolute Gasteiger partial charge is 0.253 e. The fraction of sp³-hybridized carbons (Fsp3) is 0.360. The minimum Gasteiger partial charge on any atom is -0.454 e. The van der Waals surface area contributed by atoms with Gasteiger partial charge in [0.05, 0.1) is 12.1 Å². The van der Waals surface area contributed by atoms with Crippen LogP contribution in [-0.4, -0.2) is 50.0 Å². The lowest BCUT2D eigenvalue weighted by Gasteiger charge is -2.36. The fourth-order valence-electron chi connectivity index (χ4n) is 5.05. The summed E-state index contributed by atoms with van der Waals surface area (Å²) in [7, 11) is 0. The molecule has 34 heavy (non-hydrogen) atoms. The van der Waals surface area contributed by atoms with Gasteiger partial charge in [0.25, 0.3) is 5.56 Å². The molecule has 2 aromatic heterocycles. The van der Waals surface area contributed by atoms with Gasteiger partial charge in [0.15, 0.2) is 17.3 Å². The van der Waals surface area contributed by atoms with Gasteiger partial charge in [-0.15, -0.1) is 5.10 Å². The van der Waals surface area contributed by atoms with Gasteiger partial charge >= 0.3 is 0 Å². The van der Waals surface area contributed by atoms with Gasteiger partial charge in [0.1, 0.15) is 6.04 Å². The Morgan fingerprint density at radius 1 is 1.15 bits per heavy atom. The molecule has 9 nitrogen and oxygen atoms in total. The average molecular weight is 459 g/mol. The van der Waals surface area contributed by atoms with Gasteiger partial charge in [0, 0.05) is 23.6 Å². The van der Waals surface area contributed by atoms with Gasteiger partial charge < -0.3 is 14.5 Å². The number of H-pyrrole nitrogens is 1. The van der Waals surface area contributed by atoms with Crippen molar-refractivity contribution in [3.05, 3.63) is 75.8 Å². The quantitative estimate of drug-likeness (QED) is 0.491. The molecule has 6 rings (SSSR count). The number of aromatic amines is 1. The minimum atomic E-state index is -0.361. The predicted molar refractivity (Wildman–Crippen MR) is 126 cm³/mol. The predicted octanol–water partition coefficient (Wildman–Crippen LogP) is 3.11. The number of fused-ring (bicyclic) bond motifs is 2. The van der Waals surface area contributed by atoms with Crippen LogP contribution in [0.5, 0.6) is 11.5 Å². The molecule has 1 fully saturated rings. The van der Waals surface area contributed by atoms with Crippen molar-refractivity contribution in [3.8, 4) is 11.5 Å². The molecule has 2 atom stereocenters. The molecule has 0 bridgehead atoms. The van der Waals surface area contributed by atoms with Crippen molar-refractivity contribution in [2.45, 2.75) is 32.4 Å². The third-order valence-corrected chi connectivity index (χ3v) is 6.69. The second-order valence-corrected chi connectivity index (χ2v) is 9.17. The summed E-state index contributed by atoms with van der Waals surface area (Å²) < 4.78 is 12.9. The second kappa shape index (κ2) is 8.57. The number of nitrogens with zero attached hydrogens (tertiary/aromatic N) is 5. The summed E-state index contributed by atoms with van der Waals surface area (Å²) in [6.45, 7) is 4.73. The van der Waals surface area contributed by atoms with Gasteiger partial charge in [0.2, 0.25) is 6.79 Å². The normalized spacial score (nSPS) is 18.9. The highest BCUT2D eigenvalue weighted by molar-refractivity contribution is 5.83. The summed E-state index contributed by atoms with van der Waals surface area (Å²) >= 11 is 0. The molecule has 1 N–H and O–H groups in total. The Kier molecular flexibility index (Phi) is 5.26. The van der Waals surface area contributed by atoms with E-state index in [4.69, 9.17) is 9.47 Å². The van der Waals surface area contributed by atoms with Crippen LogP contribution in [-0.2, 0) is 6.54 Å². The molecule has 2 aromatic carbocycles. The van der Waals surface area contributed by atoms with Gasteiger partial charge in [-0.3, -0.25) is 9.69 Å². The molecule has 4 aromatic rings. The van der Waals surface area contributed by atoms with E-state index in [0.717, 1.165) is 30.5 Å². The summed E-state index contributed by atoms with van der Waals surface area (Å²) in [4.78, 5) is 18.8. The molecule has 2 aliphatic rings. The van der Waals surface area contributed by atoms with Gasteiger partial charge in [-0.1, -0.05) is 37.3 Å². The largest absolute Gasteiger partial charge is 0.454 e. The molecular weight excluding hydrogens is 432 g/mol. The second-order valence-electron chi connectivity index (χ2n) is 9.17. The SMILES string of the molecule is C[C@@H]1CCCN([C@H](c2cc3cc4c(cc3[nH]c2=O)OCO4)c2nnnn2Cc2ccccc2)C1. The lowest BCUT2D eigenvalue weighted by molar-refractivity contribution is 0.141. The first kappa shape index (κ1) is 20.9. The maximum Gasteiger partial charge on any atom is 0.253 e. The van der Waals surface area contributed by atoms with Crippen LogP contribution in [0.2, 0.25) is 0 Å². The number of tetrazole rings is 1. The van der Waals surface area contributed by atoms with Crippen molar-refractivity contribution in [2.75, 3.05) is 19.9 Å². The lowest BCUT2D eigenvalue weighted by atomic mass is 9.95. The van der Waals surface area contributed by atoms with E-state index in [2.05, 4.69) is 44.5 Å². The van der Waals surface area contributed by atoms with Crippen LogP contribution >= 0.6 is 0 Å². The van der Waals surface area contributed by atoms with Crippen molar-refractivity contribution in [3.63, 3.8) is 0 Å². The van der Waals surface area contributed by atoms with E-state index >= 15 is 0 Å².